The van der Waals surface area contributed by atoms with Crippen LogP contribution in [0, 0.1) is 5.92 Å². The summed E-state index contributed by atoms with van der Waals surface area (Å²) < 4.78 is 5.37. The van der Waals surface area contributed by atoms with E-state index in [2.05, 4.69) is 10.2 Å². The van der Waals surface area contributed by atoms with Crippen molar-refractivity contribution in [2.24, 2.45) is 5.92 Å². The SMILES string of the molecule is O=C(CC1CCOCC1)N1[C@H]2CCNC[C@@H]1CC2. The molecule has 0 unspecified atom stereocenters. The van der Waals surface area contributed by atoms with Crippen molar-refractivity contribution < 1.29 is 9.53 Å². The van der Waals surface area contributed by atoms with Crippen LogP contribution >= 0.6 is 0 Å². The van der Waals surface area contributed by atoms with E-state index in [0.29, 0.717) is 23.9 Å². The van der Waals surface area contributed by atoms with Crippen LogP contribution in [0.4, 0.5) is 0 Å². The van der Waals surface area contributed by atoms with E-state index < -0.39 is 0 Å². The molecule has 3 saturated heterocycles. The van der Waals surface area contributed by atoms with Gasteiger partial charge in [0.25, 0.3) is 0 Å². The molecule has 1 N–H and O–H groups in total. The van der Waals surface area contributed by atoms with Crippen molar-refractivity contribution in [2.45, 2.75) is 50.6 Å². The van der Waals surface area contributed by atoms with Crippen LogP contribution in [-0.2, 0) is 9.53 Å². The predicted molar refractivity (Wildman–Crippen MR) is 69.3 cm³/mol. The molecule has 2 bridgehead atoms. The molecule has 102 valence electrons. The summed E-state index contributed by atoms with van der Waals surface area (Å²) in [6.07, 6.45) is 6.41. The molecule has 0 aromatic carbocycles. The summed E-state index contributed by atoms with van der Waals surface area (Å²) in [7, 11) is 0. The van der Waals surface area contributed by atoms with Gasteiger partial charge in [-0.1, -0.05) is 0 Å². The molecule has 3 fully saturated rings. The van der Waals surface area contributed by atoms with E-state index in [1.807, 2.05) is 0 Å². The number of ether oxygens (including phenoxy) is 1. The van der Waals surface area contributed by atoms with Crippen LogP contribution in [-0.4, -0.2) is 49.2 Å². The first-order valence-electron chi connectivity index (χ1n) is 7.44. The third kappa shape index (κ3) is 2.54. The van der Waals surface area contributed by atoms with Crippen molar-refractivity contribution in [1.82, 2.24) is 10.2 Å². The van der Waals surface area contributed by atoms with Crippen LogP contribution in [0.1, 0.15) is 38.5 Å². The van der Waals surface area contributed by atoms with Crippen LogP contribution < -0.4 is 5.32 Å². The molecule has 2 atom stereocenters. The Morgan fingerprint density at radius 3 is 2.72 bits per heavy atom. The van der Waals surface area contributed by atoms with E-state index in [9.17, 15) is 4.79 Å². The highest BCUT2D eigenvalue weighted by molar-refractivity contribution is 5.77. The molecule has 0 aliphatic carbocycles. The Kier molecular flexibility index (Phi) is 3.85. The summed E-state index contributed by atoms with van der Waals surface area (Å²) >= 11 is 0. The van der Waals surface area contributed by atoms with E-state index in [1.54, 1.807) is 0 Å². The molecule has 4 heteroatoms. The molecule has 3 aliphatic rings. The summed E-state index contributed by atoms with van der Waals surface area (Å²) in [6, 6.07) is 0.974. The quantitative estimate of drug-likeness (QED) is 0.802. The molecule has 18 heavy (non-hydrogen) atoms. The van der Waals surface area contributed by atoms with E-state index in [4.69, 9.17) is 4.74 Å². The van der Waals surface area contributed by atoms with Gasteiger partial charge in [0.1, 0.15) is 0 Å². The van der Waals surface area contributed by atoms with Gasteiger partial charge in [0, 0.05) is 38.3 Å². The van der Waals surface area contributed by atoms with Crippen molar-refractivity contribution >= 4 is 5.91 Å². The van der Waals surface area contributed by atoms with Gasteiger partial charge in [-0.2, -0.15) is 0 Å². The van der Waals surface area contributed by atoms with Gasteiger partial charge in [0.05, 0.1) is 0 Å². The third-order valence-corrected chi connectivity index (χ3v) is 4.75. The number of hydrogen-bond donors (Lipinski definition) is 1. The first kappa shape index (κ1) is 12.4. The molecule has 0 radical (unpaired) electrons. The molecule has 4 nitrogen and oxygen atoms in total. The molecule has 3 rings (SSSR count). The van der Waals surface area contributed by atoms with Gasteiger partial charge in [-0.25, -0.2) is 0 Å². The fourth-order valence-electron chi connectivity index (χ4n) is 3.69. The van der Waals surface area contributed by atoms with Gasteiger partial charge in [-0.05, 0) is 44.6 Å². The number of carbonyl (C=O) groups is 1. The number of fused-ring (bicyclic) bond motifs is 2. The average Bonchev–Trinajstić information content (AvgIpc) is 2.64. The van der Waals surface area contributed by atoms with Crippen LogP contribution in [0.5, 0.6) is 0 Å². The molecule has 0 saturated carbocycles. The lowest BCUT2D eigenvalue weighted by Crippen LogP contribution is -2.43. The summed E-state index contributed by atoms with van der Waals surface area (Å²) in [6.45, 7) is 3.75. The summed E-state index contributed by atoms with van der Waals surface area (Å²) in [5.74, 6) is 0.958. The van der Waals surface area contributed by atoms with Crippen molar-refractivity contribution in [1.29, 1.82) is 0 Å². The van der Waals surface area contributed by atoms with Crippen molar-refractivity contribution in [2.75, 3.05) is 26.3 Å². The van der Waals surface area contributed by atoms with Crippen molar-refractivity contribution in [3.8, 4) is 0 Å². The van der Waals surface area contributed by atoms with Crippen LogP contribution in [0.25, 0.3) is 0 Å². The second-order valence-electron chi connectivity index (χ2n) is 5.94. The molecule has 0 spiro atoms. The van der Waals surface area contributed by atoms with E-state index in [-0.39, 0.29) is 0 Å². The van der Waals surface area contributed by atoms with Gasteiger partial charge in [-0.3, -0.25) is 4.79 Å². The maximum Gasteiger partial charge on any atom is 0.223 e. The Bertz CT molecular complexity index is 288. The minimum atomic E-state index is 0.401. The van der Waals surface area contributed by atoms with E-state index in [0.717, 1.165) is 52.0 Å². The molecule has 0 aromatic rings. The lowest BCUT2D eigenvalue weighted by molar-refractivity contribution is -0.135. The highest BCUT2D eigenvalue weighted by Gasteiger charge is 2.38. The van der Waals surface area contributed by atoms with Gasteiger partial charge >= 0.3 is 0 Å². The maximum atomic E-state index is 12.5. The fourth-order valence-corrected chi connectivity index (χ4v) is 3.69. The van der Waals surface area contributed by atoms with Crippen LogP contribution in [0.15, 0.2) is 0 Å². The molecule has 3 aliphatic heterocycles. The number of nitrogens with zero attached hydrogens (tertiary/aromatic N) is 1. The maximum absolute atomic E-state index is 12.5. The molecular formula is C14H24N2O2. The zero-order chi connectivity index (χ0) is 12.4. The number of nitrogens with one attached hydrogen (secondary N) is 1. The first-order chi connectivity index (χ1) is 8.84. The standard InChI is InChI=1S/C14H24N2O2/c17-14(9-11-4-7-18-8-5-11)16-12-1-2-13(16)10-15-6-3-12/h11-13,15H,1-10H2/t12-,13+/m1/s1. The monoisotopic (exact) mass is 252 g/mol. The highest BCUT2D eigenvalue weighted by atomic mass is 16.5. The molecule has 0 aromatic heterocycles. The second kappa shape index (κ2) is 5.57. The van der Waals surface area contributed by atoms with E-state index >= 15 is 0 Å². The first-order valence-corrected chi connectivity index (χ1v) is 7.44. The summed E-state index contributed by atoms with van der Waals surface area (Å²) in [5, 5.41) is 3.45. The average molecular weight is 252 g/mol. The normalized spacial score (nSPS) is 33.4. The zero-order valence-electron chi connectivity index (χ0n) is 11.1. The largest absolute Gasteiger partial charge is 0.381 e. The van der Waals surface area contributed by atoms with Gasteiger partial charge in [0.15, 0.2) is 0 Å². The van der Waals surface area contributed by atoms with Gasteiger partial charge in [-0.15, -0.1) is 0 Å². The molecular weight excluding hydrogens is 228 g/mol. The minimum absolute atomic E-state index is 0.401. The smallest absolute Gasteiger partial charge is 0.223 e. The van der Waals surface area contributed by atoms with Crippen LogP contribution in [0.3, 0.4) is 0 Å². The lowest BCUT2D eigenvalue weighted by atomic mass is 9.95. The van der Waals surface area contributed by atoms with E-state index in [1.165, 1.54) is 12.8 Å². The number of rotatable bonds is 2. The zero-order valence-corrected chi connectivity index (χ0v) is 11.1. The molecule has 1 amide bonds. The van der Waals surface area contributed by atoms with Crippen LogP contribution in [0.2, 0.25) is 0 Å². The Balaban J connectivity index is 1.60. The van der Waals surface area contributed by atoms with Crippen molar-refractivity contribution in [3.05, 3.63) is 0 Å². The number of amides is 1. The Morgan fingerprint density at radius 1 is 1.11 bits per heavy atom. The minimum Gasteiger partial charge on any atom is -0.381 e. The predicted octanol–water partition coefficient (Wildman–Crippen LogP) is 1.16. The Labute approximate surface area is 109 Å². The highest BCUT2D eigenvalue weighted by Crippen LogP contribution is 2.30. The summed E-state index contributed by atoms with van der Waals surface area (Å²) in [5.41, 5.74) is 0. The Morgan fingerprint density at radius 2 is 1.89 bits per heavy atom. The lowest BCUT2D eigenvalue weighted by Gasteiger charge is -2.30. The fraction of sp³-hybridized carbons (Fsp3) is 0.929. The third-order valence-electron chi connectivity index (χ3n) is 4.75. The molecule has 3 heterocycles. The topological polar surface area (TPSA) is 41.6 Å². The number of carbonyl (C=O) groups excluding carboxylic acids is 1. The number of hydrogen-bond acceptors (Lipinski definition) is 3. The van der Waals surface area contributed by atoms with Gasteiger partial charge < -0.3 is 15.0 Å². The van der Waals surface area contributed by atoms with Crippen molar-refractivity contribution in [3.63, 3.8) is 0 Å². The Hall–Kier alpha value is -0.610. The van der Waals surface area contributed by atoms with Gasteiger partial charge in [0.2, 0.25) is 5.91 Å². The second-order valence-corrected chi connectivity index (χ2v) is 5.94. The summed E-state index contributed by atoms with van der Waals surface area (Å²) in [4.78, 5) is 14.8.